The van der Waals surface area contributed by atoms with Gasteiger partial charge in [-0.3, -0.25) is 14.5 Å². The Morgan fingerprint density at radius 3 is 2.65 bits per heavy atom. The van der Waals surface area contributed by atoms with Gasteiger partial charge >= 0.3 is 0 Å². The Kier molecular flexibility index (Phi) is 6.45. The van der Waals surface area contributed by atoms with Crippen molar-refractivity contribution in [2.75, 3.05) is 39.8 Å². The number of carbonyl (C=O) groups is 2. The number of rotatable bonds is 5. The molecule has 0 unspecified atom stereocenters. The molecule has 1 N–H and O–H groups in total. The second-order valence-electron chi connectivity index (χ2n) is 6.69. The number of likely N-dealkylation sites (N-methyl/N-ethyl adjacent to an activating group) is 1. The Bertz CT molecular complexity index is 713. The van der Waals surface area contributed by atoms with Crippen molar-refractivity contribution in [1.82, 2.24) is 9.80 Å². The first-order valence-electron chi connectivity index (χ1n) is 8.94. The number of amides is 2. The van der Waals surface area contributed by atoms with Crippen LogP contribution in [0.4, 0.5) is 0 Å². The molecule has 138 valence electrons. The Hall–Kier alpha value is -1.70. The zero-order chi connectivity index (χ0) is 18.5. The predicted octanol–water partition coefficient (Wildman–Crippen LogP) is 1.02. The van der Waals surface area contributed by atoms with Gasteiger partial charge in [-0.15, -0.1) is 0 Å². The molecule has 2 aliphatic rings. The van der Waals surface area contributed by atoms with Crippen LogP contribution < -0.4 is 4.90 Å². The van der Waals surface area contributed by atoms with Crippen LogP contribution in [0, 0.1) is 0 Å². The van der Waals surface area contributed by atoms with E-state index in [0.29, 0.717) is 28.6 Å². The molecule has 2 amide bonds. The number of hydrogen-bond acceptors (Lipinski definition) is 4. The molecule has 0 spiro atoms. The van der Waals surface area contributed by atoms with Crippen LogP contribution in [0.15, 0.2) is 35.2 Å². The van der Waals surface area contributed by atoms with Crippen molar-refractivity contribution in [3.8, 4) is 0 Å². The van der Waals surface area contributed by atoms with E-state index in [2.05, 4.69) is 7.05 Å². The SMILES string of the molecule is C[NH+]1CCN(C(=O)CCCN2C(=O)/C(=C/c3ccccc3)SC2=S)CC1. The maximum Gasteiger partial charge on any atom is 0.266 e. The van der Waals surface area contributed by atoms with E-state index in [0.717, 1.165) is 31.7 Å². The maximum absolute atomic E-state index is 12.6. The average Bonchev–Trinajstić information content (AvgIpc) is 2.90. The molecule has 2 aliphatic heterocycles. The van der Waals surface area contributed by atoms with Crippen LogP contribution in [0.2, 0.25) is 0 Å². The number of carbonyl (C=O) groups excluding carboxylic acids is 2. The molecule has 26 heavy (non-hydrogen) atoms. The number of nitrogens with zero attached hydrogens (tertiary/aromatic N) is 2. The summed E-state index contributed by atoms with van der Waals surface area (Å²) in [6.07, 6.45) is 2.98. The minimum atomic E-state index is -0.0560. The van der Waals surface area contributed by atoms with E-state index < -0.39 is 0 Å². The van der Waals surface area contributed by atoms with E-state index in [4.69, 9.17) is 12.2 Å². The van der Waals surface area contributed by atoms with Crippen molar-refractivity contribution in [3.05, 3.63) is 40.8 Å². The van der Waals surface area contributed by atoms with E-state index in [9.17, 15) is 9.59 Å². The number of benzene rings is 1. The van der Waals surface area contributed by atoms with Crippen LogP contribution in [-0.4, -0.2) is 65.7 Å². The van der Waals surface area contributed by atoms with Gasteiger partial charge in [0.2, 0.25) is 5.91 Å². The standard InChI is InChI=1S/C19H23N3O2S2/c1-20-10-12-21(13-11-20)17(23)8-5-9-22-18(24)16(26-19(22)25)14-15-6-3-2-4-7-15/h2-4,6-7,14H,5,8-13H2,1H3/p+1/b16-14-. The Labute approximate surface area is 164 Å². The number of piperazine rings is 1. The van der Waals surface area contributed by atoms with Crippen molar-refractivity contribution in [2.24, 2.45) is 0 Å². The fourth-order valence-corrected chi connectivity index (χ4v) is 4.39. The molecule has 0 aliphatic carbocycles. The topological polar surface area (TPSA) is 45.1 Å². The number of quaternary nitrogens is 1. The maximum atomic E-state index is 12.6. The van der Waals surface area contributed by atoms with Gasteiger partial charge in [-0.05, 0) is 18.1 Å². The minimum Gasteiger partial charge on any atom is -0.334 e. The molecule has 0 atom stereocenters. The molecule has 2 fully saturated rings. The van der Waals surface area contributed by atoms with E-state index in [1.54, 1.807) is 4.90 Å². The highest BCUT2D eigenvalue weighted by molar-refractivity contribution is 8.26. The van der Waals surface area contributed by atoms with Crippen molar-refractivity contribution in [2.45, 2.75) is 12.8 Å². The van der Waals surface area contributed by atoms with Gasteiger partial charge in [0, 0.05) is 13.0 Å². The zero-order valence-corrected chi connectivity index (χ0v) is 16.6. The summed E-state index contributed by atoms with van der Waals surface area (Å²) in [7, 11) is 2.15. The lowest BCUT2D eigenvalue weighted by molar-refractivity contribution is -0.883. The van der Waals surface area contributed by atoms with Gasteiger partial charge in [-0.1, -0.05) is 54.3 Å². The van der Waals surface area contributed by atoms with Gasteiger partial charge in [0.25, 0.3) is 5.91 Å². The minimum absolute atomic E-state index is 0.0560. The quantitative estimate of drug-likeness (QED) is 0.602. The van der Waals surface area contributed by atoms with Crippen LogP contribution >= 0.6 is 24.0 Å². The highest BCUT2D eigenvalue weighted by Gasteiger charge is 2.31. The molecule has 7 heteroatoms. The molecule has 2 heterocycles. The molecule has 0 aromatic heterocycles. The van der Waals surface area contributed by atoms with Crippen LogP contribution in [0.1, 0.15) is 18.4 Å². The van der Waals surface area contributed by atoms with Gasteiger partial charge in [-0.25, -0.2) is 0 Å². The van der Waals surface area contributed by atoms with E-state index in [1.165, 1.54) is 16.7 Å². The third-order valence-electron chi connectivity index (χ3n) is 4.71. The second-order valence-corrected chi connectivity index (χ2v) is 8.36. The molecular formula is C19H24N3O2S2+. The number of hydrogen-bond donors (Lipinski definition) is 1. The van der Waals surface area contributed by atoms with Gasteiger partial charge in [0.1, 0.15) is 4.32 Å². The molecule has 0 saturated carbocycles. The van der Waals surface area contributed by atoms with Crippen molar-refractivity contribution in [1.29, 1.82) is 0 Å². The van der Waals surface area contributed by atoms with Gasteiger partial charge in [0.05, 0.1) is 38.1 Å². The summed E-state index contributed by atoms with van der Waals surface area (Å²) >= 11 is 6.69. The lowest BCUT2D eigenvalue weighted by atomic mass is 10.2. The highest BCUT2D eigenvalue weighted by atomic mass is 32.2. The predicted molar refractivity (Wildman–Crippen MR) is 109 cm³/mol. The van der Waals surface area contributed by atoms with Crippen molar-refractivity contribution >= 4 is 46.2 Å². The third-order valence-corrected chi connectivity index (χ3v) is 6.09. The number of thiocarbonyl (C=S) groups is 1. The number of thioether (sulfide) groups is 1. The molecule has 2 saturated heterocycles. The van der Waals surface area contributed by atoms with Crippen LogP contribution in [0.3, 0.4) is 0 Å². The van der Waals surface area contributed by atoms with Crippen molar-refractivity contribution in [3.63, 3.8) is 0 Å². The van der Waals surface area contributed by atoms with Gasteiger partial charge in [0.15, 0.2) is 0 Å². The molecule has 1 aromatic rings. The van der Waals surface area contributed by atoms with Gasteiger partial charge < -0.3 is 9.80 Å². The Morgan fingerprint density at radius 1 is 1.27 bits per heavy atom. The molecule has 0 radical (unpaired) electrons. The second kappa shape index (κ2) is 8.79. The van der Waals surface area contributed by atoms with Crippen LogP contribution in [-0.2, 0) is 9.59 Å². The first-order valence-corrected chi connectivity index (χ1v) is 10.2. The summed E-state index contributed by atoms with van der Waals surface area (Å²) in [5.41, 5.74) is 0.986. The first-order chi connectivity index (χ1) is 12.5. The molecule has 3 rings (SSSR count). The lowest BCUT2D eigenvalue weighted by Crippen LogP contribution is -3.12. The van der Waals surface area contributed by atoms with E-state index in [-0.39, 0.29) is 11.8 Å². The zero-order valence-electron chi connectivity index (χ0n) is 14.9. The molecule has 5 nitrogen and oxygen atoms in total. The Balaban J connectivity index is 1.50. The molecule has 1 aromatic carbocycles. The molecule has 0 bridgehead atoms. The average molecular weight is 391 g/mol. The summed E-state index contributed by atoms with van der Waals surface area (Å²) in [5, 5.41) is 0. The Morgan fingerprint density at radius 2 is 1.96 bits per heavy atom. The summed E-state index contributed by atoms with van der Waals surface area (Å²) in [4.78, 5) is 30.6. The van der Waals surface area contributed by atoms with E-state index >= 15 is 0 Å². The summed E-state index contributed by atoms with van der Waals surface area (Å²) in [6, 6.07) is 9.75. The first kappa shape index (κ1) is 19.1. The van der Waals surface area contributed by atoms with Gasteiger partial charge in [-0.2, -0.15) is 0 Å². The largest absolute Gasteiger partial charge is 0.334 e. The summed E-state index contributed by atoms with van der Waals surface area (Å²) < 4.78 is 0.577. The summed E-state index contributed by atoms with van der Waals surface area (Å²) in [6.45, 7) is 4.16. The molecular weight excluding hydrogens is 366 g/mol. The lowest BCUT2D eigenvalue weighted by Gasteiger charge is -2.30. The fraction of sp³-hybridized carbons (Fsp3) is 0.421. The monoisotopic (exact) mass is 390 g/mol. The van der Waals surface area contributed by atoms with E-state index in [1.807, 2.05) is 41.3 Å². The van der Waals surface area contributed by atoms with Crippen LogP contribution in [0.25, 0.3) is 6.08 Å². The smallest absolute Gasteiger partial charge is 0.266 e. The van der Waals surface area contributed by atoms with Crippen molar-refractivity contribution < 1.29 is 14.5 Å². The fourth-order valence-electron chi connectivity index (χ4n) is 3.08. The summed E-state index contributed by atoms with van der Waals surface area (Å²) in [5.74, 6) is 0.127. The number of nitrogens with one attached hydrogen (secondary N) is 1. The third kappa shape index (κ3) is 4.72. The van der Waals surface area contributed by atoms with Crippen LogP contribution in [0.5, 0.6) is 0 Å². The highest BCUT2D eigenvalue weighted by Crippen LogP contribution is 2.32. The normalized spacial score (nSPS) is 20.3.